The summed E-state index contributed by atoms with van der Waals surface area (Å²) >= 11 is 0. The van der Waals surface area contributed by atoms with E-state index in [2.05, 4.69) is 27.2 Å². The molecule has 0 bridgehead atoms. The molecule has 1 aliphatic heterocycles. The van der Waals surface area contributed by atoms with Crippen molar-refractivity contribution in [1.29, 1.82) is 0 Å². The number of benzene rings is 4. The van der Waals surface area contributed by atoms with Crippen LogP contribution in [0, 0.1) is 20.8 Å². The molecule has 0 saturated heterocycles. The van der Waals surface area contributed by atoms with Gasteiger partial charge in [-0.3, -0.25) is 14.6 Å². The van der Waals surface area contributed by atoms with E-state index < -0.39 is 33.5 Å². The number of aromatic nitrogens is 1. The van der Waals surface area contributed by atoms with Gasteiger partial charge < -0.3 is 25.5 Å². The fourth-order valence-corrected chi connectivity index (χ4v) is 8.80. The minimum absolute atomic E-state index is 0.0210. The number of carbonyl (C=O) groups is 2. The predicted molar refractivity (Wildman–Crippen MR) is 218 cm³/mol. The van der Waals surface area contributed by atoms with Crippen LogP contribution in [0.3, 0.4) is 0 Å². The molecule has 6 rings (SSSR count). The Bertz CT molecular complexity index is 2540. The third-order valence-corrected chi connectivity index (χ3v) is 12.0. The molecule has 13 heteroatoms. The number of ether oxygens (including phenoxy) is 1. The smallest absolute Gasteiger partial charge is 0.326 e. The Morgan fingerprint density at radius 2 is 1.68 bits per heavy atom. The number of hydrogen-bond acceptors (Lipinski definition) is 7. The number of carboxylic acid groups (broad SMARTS) is 1. The summed E-state index contributed by atoms with van der Waals surface area (Å²) in [6, 6.07) is 23.6. The summed E-state index contributed by atoms with van der Waals surface area (Å²) < 4.78 is 37.1. The van der Waals surface area contributed by atoms with E-state index in [4.69, 9.17) is 10.5 Å². The molecule has 1 amide bonds. The summed E-state index contributed by atoms with van der Waals surface area (Å²) in [7, 11) is -4.12. The van der Waals surface area contributed by atoms with Crippen LogP contribution in [0.25, 0.3) is 21.9 Å². The summed E-state index contributed by atoms with van der Waals surface area (Å²) in [6.45, 7) is 9.50. The van der Waals surface area contributed by atoms with E-state index >= 15 is 0 Å². The first-order valence-corrected chi connectivity index (χ1v) is 20.0. The number of pyridine rings is 1. The number of carbonyl (C=O) groups excluding carboxylic acids is 1. The molecule has 4 aromatic carbocycles. The summed E-state index contributed by atoms with van der Waals surface area (Å²) in [5.41, 5.74) is 10.4. The van der Waals surface area contributed by atoms with E-state index in [9.17, 15) is 27.9 Å². The van der Waals surface area contributed by atoms with Crippen LogP contribution in [0.15, 0.2) is 99.7 Å². The van der Waals surface area contributed by atoms with Crippen molar-refractivity contribution in [3.63, 3.8) is 0 Å². The van der Waals surface area contributed by atoms with Crippen molar-refractivity contribution in [2.24, 2.45) is 10.7 Å². The van der Waals surface area contributed by atoms with E-state index in [-0.39, 0.29) is 48.0 Å². The molecule has 1 aromatic heterocycles. The second kappa shape index (κ2) is 16.0. The minimum atomic E-state index is -4.12. The lowest BCUT2D eigenvalue weighted by atomic mass is 9.88. The number of guanidine groups is 1. The first-order valence-electron chi connectivity index (χ1n) is 18.5. The van der Waals surface area contributed by atoms with Gasteiger partial charge in [-0.15, -0.1) is 0 Å². The lowest BCUT2D eigenvalue weighted by Gasteiger charge is -2.35. The number of hydrogen-bond donors (Lipinski definition) is 4. The van der Waals surface area contributed by atoms with Crippen molar-refractivity contribution >= 4 is 38.6 Å². The van der Waals surface area contributed by atoms with Gasteiger partial charge in [0, 0.05) is 12.7 Å². The molecule has 0 saturated carbocycles. The number of carboxylic acids is 1. The molecule has 292 valence electrons. The fourth-order valence-electron chi connectivity index (χ4n) is 7.27. The average molecular weight is 778 g/mol. The highest BCUT2D eigenvalue weighted by atomic mass is 32.2. The van der Waals surface area contributed by atoms with E-state index in [1.807, 2.05) is 75.4 Å². The standard InChI is InChI=1S/C43H47N5O7S/c1-26-27(2)38(28(3)33-20-21-43(4,5)55-37(26)33)56(53,54)47-42(44)45-22-10-17-36(41(51)52)46-39(49)35-16-11-23-48(40(35)50)25-32-14-8-9-15-34(32)31-19-18-29-12-6-7-13-30(29)24-31/h6-9,11-16,18-19,23-24,36H,10,17,20-22,25H2,1-5H3,(H,46,49)(H,51,52)(H3,44,45,47)/t36-/m0/s1. The maximum absolute atomic E-state index is 13.6. The quantitative estimate of drug-likeness (QED) is 0.0676. The number of rotatable bonds is 12. The predicted octanol–water partition coefficient (Wildman–Crippen LogP) is 6.00. The monoisotopic (exact) mass is 777 g/mol. The Morgan fingerprint density at radius 3 is 2.43 bits per heavy atom. The van der Waals surface area contributed by atoms with Gasteiger partial charge in [0.25, 0.3) is 21.5 Å². The molecule has 0 fully saturated rings. The van der Waals surface area contributed by atoms with Crippen molar-refractivity contribution < 1.29 is 27.9 Å². The average Bonchev–Trinajstić information content (AvgIpc) is 3.15. The number of nitrogens with zero attached hydrogens (tertiary/aromatic N) is 2. The van der Waals surface area contributed by atoms with E-state index in [1.165, 1.54) is 10.6 Å². The van der Waals surface area contributed by atoms with E-state index in [0.29, 0.717) is 23.3 Å². The molecule has 2 heterocycles. The van der Waals surface area contributed by atoms with Gasteiger partial charge in [-0.1, -0.05) is 60.7 Å². The molecule has 0 spiro atoms. The Hall–Kier alpha value is -5.95. The van der Waals surface area contributed by atoms with Gasteiger partial charge in [0.05, 0.1) is 11.4 Å². The van der Waals surface area contributed by atoms with Crippen LogP contribution in [0.4, 0.5) is 0 Å². The van der Waals surface area contributed by atoms with Crippen molar-refractivity contribution in [3.05, 3.63) is 129 Å². The van der Waals surface area contributed by atoms with Crippen molar-refractivity contribution in [3.8, 4) is 16.9 Å². The zero-order valence-corrected chi connectivity index (χ0v) is 33.0. The molecule has 0 aliphatic carbocycles. The second-order valence-electron chi connectivity index (χ2n) is 14.8. The molecule has 56 heavy (non-hydrogen) atoms. The van der Waals surface area contributed by atoms with Crippen LogP contribution in [0.5, 0.6) is 5.75 Å². The summed E-state index contributed by atoms with van der Waals surface area (Å²) in [5.74, 6) is -1.75. The summed E-state index contributed by atoms with van der Waals surface area (Å²) in [6.07, 6.45) is 3.09. The zero-order valence-electron chi connectivity index (χ0n) is 32.2. The highest BCUT2D eigenvalue weighted by Crippen LogP contribution is 2.42. The molecule has 5 N–H and O–H groups in total. The normalized spacial score (nSPS) is 14.4. The SMILES string of the molecule is Cc1c(C)c(S(=O)(=O)NC(N)=NCCC[C@H](NC(=O)c2cccn(Cc3ccccc3-c3ccc4ccccc4c3)c2=O)C(=O)O)c(C)c2c1OC(C)(C)CC2. The number of fused-ring (bicyclic) bond motifs is 2. The number of aliphatic carboxylic acids is 1. The molecule has 5 aromatic rings. The molecule has 0 unspecified atom stereocenters. The Kier molecular flexibility index (Phi) is 11.4. The lowest BCUT2D eigenvalue weighted by Crippen LogP contribution is -2.43. The number of sulfonamides is 1. The highest BCUT2D eigenvalue weighted by Gasteiger charge is 2.33. The summed E-state index contributed by atoms with van der Waals surface area (Å²) in [5, 5.41) is 14.6. The van der Waals surface area contributed by atoms with Crippen LogP contribution in [-0.2, 0) is 27.8 Å². The number of nitrogens with two attached hydrogens (primary N) is 1. The number of nitrogens with one attached hydrogen (secondary N) is 2. The maximum atomic E-state index is 13.6. The zero-order chi connectivity index (χ0) is 40.4. The van der Waals surface area contributed by atoms with Crippen molar-refractivity contribution in [1.82, 2.24) is 14.6 Å². The topological polar surface area (TPSA) is 182 Å². The van der Waals surface area contributed by atoms with Crippen LogP contribution < -0.4 is 26.1 Å². The van der Waals surface area contributed by atoms with Gasteiger partial charge in [0.1, 0.15) is 23.0 Å². The molecule has 12 nitrogen and oxygen atoms in total. The Balaban J connectivity index is 1.10. The molecule has 0 radical (unpaired) electrons. The van der Waals surface area contributed by atoms with Crippen LogP contribution >= 0.6 is 0 Å². The molecular formula is C43H47N5O7S. The largest absolute Gasteiger partial charge is 0.487 e. The van der Waals surface area contributed by atoms with Gasteiger partial charge in [-0.05, 0) is 128 Å². The maximum Gasteiger partial charge on any atom is 0.326 e. The van der Waals surface area contributed by atoms with Crippen molar-refractivity contribution in [2.75, 3.05) is 6.54 Å². The van der Waals surface area contributed by atoms with Crippen molar-refractivity contribution in [2.45, 2.75) is 83.4 Å². The van der Waals surface area contributed by atoms with Gasteiger partial charge in [0.2, 0.25) is 5.96 Å². The third kappa shape index (κ3) is 8.47. The fraction of sp³-hybridized carbons (Fsp3) is 0.302. The van der Waals surface area contributed by atoms with E-state index in [1.54, 1.807) is 26.1 Å². The molecule has 1 atom stereocenters. The Labute approximate surface area is 326 Å². The van der Waals surface area contributed by atoms with Crippen LogP contribution in [0.2, 0.25) is 0 Å². The lowest BCUT2D eigenvalue weighted by molar-refractivity contribution is -0.139. The van der Waals surface area contributed by atoms with Crippen LogP contribution in [-0.4, -0.2) is 54.1 Å². The molecule has 1 aliphatic rings. The number of amides is 1. The van der Waals surface area contributed by atoms with Gasteiger partial charge in [0.15, 0.2) is 0 Å². The minimum Gasteiger partial charge on any atom is -0.487 e. The Morgan fingerprint density at radius 1 is 0.964 bits per heavy atom. The van der Waals surface area contributed by atoms with Gasteiger partial charge in [-0.25, -0.2) is 17.9 Å². The molecular weight excluding hydrogens is 731 g/mol. The second-order valence-corrected chi connectivity index (χ2v) is 16.4. The first kappa shape index (κ1) is 39.7. The third-order valence-electron chi connectivity index (χ3n) is 10.4. The van der Waals surface area contributed by atoms with Gasteiger partial charge >= 0.3 is 5.97 Å². The number of aliphatic imine (C=N–C) groups is 1. The van der Waals surface area contributed by atoms with Crippen LogP contribution in [0.1, 0.15) is 71.3 Å². The highest BCUT2D eigenvalue weighted by molar-refractivity contribution is 7.90. The van der Waals surface area contributed by atoms with Gasteiger partial charge in [-0.2, -0.15) is 0 Å². The van der Waals surface area contributed by atoms with E-state index in [0.717, 1.165) is 45.0 Å². The first-order chi connectivity index (χ1) is 26.6. The summed E-state index contributed by atoms with van der Waals surface area (Å²) in [4.78, 5) is 43.3.